The molecule has 1 heterocycles. The fourth-order valence-corrected chi connectivity index (χ4v) is 2.12. The van der Waals surface area contributed by atoms with Crippen LogP contribution in [-0.4, -0.2) is 35.2 Å². The Bertz CT molecular complexity index is 486. The Morgan fingerprint density at radius 3 is 2.62 bits per heavy atom. The first-order chi connectivity index (χ1) is 7.46. The van der Waals surface area contributed by atoms with Crippen LogP contribution in [0.25, 0.3) is 0 Å². The molecule has 1 aromatic heterocycles. The minimum absolute atomic E-state index is 0.0946. The molecule has 0 atom stereocenters. The lowest BCUT2D eigenvalue weighted by molar-refractivity contribution is 0.0691. The fourth-order valence-electron chi connectivity index (χ4n) is 1.04. The summed E-state index contributed by atoms with van der Waals surface area (Å²) in [7, 11) is -3.56. The number of aromatic nitrogens is 2. The number of anilines is 1. The van der Waals surface area contributed by atoms with Gasteiger partial charge in [-0.15, -0.1) is 0 Å². The first-order valence-electron chi connectivity index (χ1n) is 4.51. The average Bonchev–Trinajstić information content (AvgIpc) is 2.17. The summed E-state index contributed by atoms with van der Waals surface area (Å²) in [5.41, 5.74) is -0.415. The highest BCUT2D eigenvalue weighted by Gasteiger charge is 2.17. The second kappa shape index (κ2) is 4.88. The van der Waals surface area contributed by atoms with Gasteiger partial charge in [-0.05, 0) is 6.42 Å². The average molecular weight is 245 g/mol. The van der Waals surface area contributed by atoms with Gasteiger partial charge < -0.3 is 5.11 Å². The van der Waals surface area contributed by atoms with Crippen LogP contribution in [0, 0.1) is 0 Å². The van der Waals surface area contributed by atoms with Crippen molar-refractivity contribution in [3.05, 3.63) is 18.1 Å². The number of hydrogen-bond donors (Lipinski definition) is 2. The van der Waals surface area contributed by atoms with Crippen molar-refractivity contribution in [1.82, 2.24) is 9.97 Å². The van der Waals surface area contributed by atoms with E-state index < -0.39 is 21.7 Å². The van der Waals surface area contributed by atoms with E-state index in [-0.39, 0.29) is 11.6 Å². The minimum Gasteiger partial charge on any atom is -0.476 e. The summed E-state index contributed by atoms with van der Waals surface area (Å²) in [5.74, 6) is -1.69. The topological polar surface area (TPSA) is 109 Å². The molecule has 0 fully saturated rings. The molecule has 0 unspecified atom stereocenters. The number of sulfonamides is 1. The van der Waals surface area contributed by atoms with Gasteiger partial charge in [0.1, 0.15) is 0 Å². The summed E-state index contributed by atoms with van der Waals surface area (Å²) < 4.78 is 24.9. The van der Waals surface area contributed by atoms with E-state index in [2.05, 4.69) is 14.7 Å². The lowest BCUT2D eigenvalue weighted by atomic mass is 10.4. The Morgan fingerprint density at radius 1 is 1.44 bits per heavy atom. The van der Waals surface area contributed by atoms with Gasteiger partial charge in [-0.3, -0.25) is 4.72 Å². The predicted molar refractivity (Wildman–Crippen MR) is 56.7 cm³/mol. The molecule has 0 radical (unpaired) electrons. The van der Waals surface area contributed by atoms with Crippen molar-refractivity contribution in [2.45, 2.75) is 13.3 Å². The summed E-state index contributed by atoms with van der Waals surface area (Å²) >= 11 is 0. The Balaban J connectivity index is 3.02. The molecule has 0 amide bonds. The molecule has 7 nitrogen and oxygen atoms in total. The van der Waals surface area contributed by atoms with E-state index in [0.29, 0.717) is 6.42 Å². The molecule has 1 rings (SSSR count). The van der Waals surface area contributed by atoms with E-state index in [0.717, 1.165) is 0 Å². The Hall–Kier alpha value is -1.70. The number of rotatable bonds is 5. The van der Waals surface area contributed by atoms with Gasteiger partial charge in [-0.1, -0.05) is 6.92 Å². The minimum atomic E-state index is -3.56. The zero-order chi connectivity index (χ0) is 12.2. The Labute approximate surface area is 92.6 Å². The van der Waals surface area contributed by atoms with Gasteiger partial charge in [0.15, 0.2) is 11.5 Å². The normalized spacial score (nSPS) is 11.1. The molecular weight excluding hydrogens is 234 g/mol. The molecule has 8 heteroatoms. The maximum Gasteiger partial charge on any atom is 0.358 e. The number of hydrogen-bond acceptors (Lipinski definition) is 5. The first-order valence-corrected chi connectivity index (χ1v) is 6.16. The molecule has 0 aromatic carbocycles. The van der Waals surface area contributed by atoms with E-state index >= 15 is 0 Å². The smallest absolute Gasteiger partial charge is 0.358 e. The molecule has 0 bridgehead atoms. The molecule has 88 valence electrons. The van der Waals surface area contributed by atoms with Crippen molar-refractivity contribution in [3.8, 4) is 0 Å². The van der Waals surface area contributed by atoms with Crippen molar-refractivity contribution < 1.29 is 18.3 Å². The number of carboxylic acids is 1. The molecule has 2 N–H and O–H groups in total. The Morgan fingerprint density at radius 2 is 2.06 bits per heavy atom. The highest BCUT2D eigenvalue weighted by atomic mass is 32.2. The first kappa shape index (κ1) is 12.4. The van der Waals surface area contributed by atoms with Gasteiger partial charge in [0.2, 0.25) is 10.0 Å². The molecule has 0 spiro atoms. The monoisotopic (exact) mass is 245 g/mol. The quantitative estimate of drug-likeness (QED) is 0.773. The largest absolute Gasteiger partial charge is 0.476 e. The standard InChI is InChI=1S/C8H11N3O4S/c1-2-5-16(14,15)11-7-6(8(12)13)9-3-4-10-7/h3-4H,2,5H2,1H3,(H,10,11)(H,12,13). The molecule has 0 saturated heterocycles. The second-order valence-electron chi connectivity index (χ2n) is 2.98. The number of nitrogens with one attached hydrogen (secondary N) is 1. The maximum atomic E-state index is 11.4. The molecule has 1 aromatic rings. The van der Waals surface area contributed by atoms with Crippen LogP contribution < -0.4 is 4.72 Å². The van der Waals surface area contributed by atoms with Crippen LogP contribution in [-0.2, 0) is 10.0 Å². The summed E-state index contributed by atoms with van der Waals surface area (Å²) in [5, 5.41) is 8.76. The van der Waals surface area contributed by atoms with Crippen LogP contribution in [0.1, 0.15) is 23.8 Å². The van der Waals surface area contributed by atoms with Crippen LogP contribution in [0.5, 0.6) is 0 Å². The summed E-state index contributed by atoms with van der Waals surface area (Å²) in [6, 6.07) is 0. The van der Waals surface area contributed by atoms with Crippen molar-refractivity contribution in [1.29, 1.82) is 0 Å². The summed E-state index contributed by atoms with van der Waals surface area (Å²) in [4.78, 5) is 17.9. The molecular formula is C8H11N3O4S. The zero-order valence-corrected chi connectivity index (χ0v) is 9.36. The van der Waals surface area contributed by atoms with Gasteiger partial charge in [-0.2, -0.15) is 0 Å². The van der Waals surface area contributed by atoms with Crippen LogP contribution in [0.3, 0.4) is 0 Å². The maximum absolute atomic E-state index is 11.4. The second-order valence-corrected chi connectivity index (χ2v) is 4.82. The Kier molecular flexibility index (Phi) is 3.78. The van der Waals surface area contributed by atoms with E-state index in [1.807, 2.05) is 0 Å². The number of nitrogens with zero attached hydrogens (tertiary/aromatic N) is 2. The van der Waals surface area contributed by atoms with Gasteiger partial charge in [0, 0.05) is 12.4 Å². The molecule has 0 aliphatic carbocycles. The fraction of sp³-hybridized carbons (Fsp3) is 0.375. The molecule has 0 aliphatic rings. The summed E-state index contributed by atoms with van der Waals surface area (Å²) in [6.07, 6.45) is 2.83. The van der Waals surface area contributed by atoms with E-state index in [1.165, 1.54) is 12.4 Å². The van der Waals surface area contributed by atoms with Gasteiger partial charge in [0.25, 0.3) is 0 Å². The van der Waals surface area contributed by atoms with E-state index in [4.69, 9.17) is 5.11 Å². The molecule has 0 aliphatic heterocycles. The third-order valence-corrected chi connectivity index (χ3v) is 3.08. The van der Waals surface area contributed by atoms with Crippen molar-refractivity contribution in [2.24, 2.45) is 0 Å². The molecule has 0 saturated carbocycles. The van der Waals surface area contributed by atoms with Crippen LogP contribution in [0.15, 0.2) is 12.4 Å². The van der Waals surface area contributed by atoms with Gasteiger partial charge >= 0.3 is 5.97 Å². The van der Waals surface area contributed by atoms with Crippen LogP contribution in [0.2, 0.25) is 0 Å². The van der Waals surface area contributed by atoms with Crippen LogP contribution in [0.4, 0.5) is 5.82 Å². The van der Waals surface area contributed by atoms with Crippen LogP contribution >= 0.6 is 0 Å². The predicted octanol–water partition coefficient (Wildman–Crippen LogP) is 0.327. The number of carbonyl (C=O) groups is 1. The highest BCUT2D eigenvalue weighted by Crippen LogP contribution is 2.10. The van der Waals surface area contributed by atoms with E-state index in [9.17, 15) is 13.2 Å². The van der Waals surface area contributed by atoms with Gasteiger partial charge in [0.05, 0.1) is 5.75 Å². The lowest BCUT2D eigenvalue weighted by Gasteiger charge is -2.07. The lowest BCUT2D eigenvalue weighted by Crippen LogP contribution is -2.19. The van der Waals surface area contributed by atoms with Crippen molar-refractivity contribution in [3.63, 3.8) is 0 Å². The highest BCUT2D eigenvalue weighted by molar-refractivity contribution is 7.92. The van der Waals surface area contributed by atoms with Crippen molar-refractivity contribution in [2.75, 3.05) is 10.5 Å². The SMILES string of the molecule is CCCS(=O)(=O)Nc1nccnc1C(=O)O. The number of aromatic carboxylic acids is 1. The third-order valence-electron chi connectivity index (χ3n) is 1.63. The van der Waals surface area contributed by atoms with Gasteiger partial charge in [-0.25, -0.2) is 23.2 Å². The molecule has 16 heavy (non-hydrogen) atoms. The van der Waals surface area contributed by atoms with Crippen molar-refractivity contribution >= 4 is 21.8 Å². The zero-order valence-electron chi connectivity index (χ0n) is 8.54. The number of carboxylic acid groups (broad SMARTS) is 1. The van der Waals surface area contributed by atoms with E-state index in [1.54, 1.807) is 6.92 Å². The third kappa shape index (κ3) is 3.16. The summed E-state index contributed by atoms with van der Waals surface area (Å²) in [6.45, 7) is 1.70.